The number of hydrogen-bond acceptors (Lipinski definition) is 2. The molecule has 1 heterocycles. The minimum absolute atomic E-state index is 0.401. The van der Waals surface area contributed by atoms with Crippen molar-refractivity contribution in [3.63, 3.8) is 0 Å². The molecule has 0 unspecified atom stereocenters. The van der Waals surface area contributed by atoms with Crippen LogP contribution < -0.4 is 0 Å². The summed E-state index contributed by atoms with van der Waals surface area (Å²) in [6.45, 7) is 3.12. The largest absolute Gasteiger partial charge is 0.302 e. The summed E-state index contributed by atoms with van der Waals surface area (Å²) in [4.78, 5) is 2.32. The van der Waals surface area contributed by atoms with Crippen LogP contribution in [-0.4, -0.2) is 34.3 Å². The highest BCUT2D eigenvalue weighted by molar-refractivity contribution is 5.05. The third-order valence-electron chi connectivity index (χ3n) is 2.99. The van der Waals surface area contributed by atoms with Crippen molar-refractivity contribution in [2.75, 3.05) is 14.1 Å². The average molecular weight is 179 g/mol. The predicted molar refractivity (Wildman–Crippen MR) is 52.6 cm³/mol. The van der Waals surface area contributed by atoms with Gasteiger partial charge in [-0.15, -0.1) is 0 Å². The molecule has 1 fully saturated rings. The van der Waals surface area contributed by atoms with Gasteiger partial charge in [-0.3, -0.25) is 4.68 Å². The van der Waals surface area contributed by atoms with Crippen molar-refractivity contribution in [1.29, 1.82) is 0 Å². The molecule has 3 heteroatoms. The summed E-state index contributed by atoms with van der Waals surface area (Å²) >= 11 is 0. The number of likely N-dealkylation sites (N-methyl/N-ethyl adjacent to an activating group) is 1. The van der Waals surface area contributed by atoms with Gasteiger partial charge in [0.25, 0.3) is 0 Å². The Morgan fingerprint density at radius 3 is 2.62 bits per heavy atom. The Morgan fingerprint density at radius 2 is 2.23 bits per heavy atom. The number of hydrogen-bond donors (Lipinski definition) is 0. The molecule has 1 aromatic heterocycles. The normalized spacial score (nSPS) is 19.4. The van der Waals surface area contributed by atoms with Crippen LogP contribution in [0.5, 0.6) is 0 Å². The molecule has 2 rings (SSSR count). The van der Waals surface area contributed by atoms with E-state index in [4.69, 9.17) is 0 Å². The lowest BCUT2D eigenvalue weighted by atomic mass is 10.2. The van der Waals surface area contributed by atoms with Crippen molar-refractivity contribution in [2.45, 2.75) is 31.8 Å². The monoisotopic (exact) mass is 179 g/mol. The van der Waals surface area contributed by atoms with Crippen LogP contribution in [-0.2, 0) is 6.54 Å². The molecule has 72 valence electrons. The maximum Gasteiger partial charge on any atom is 0.0593 e. The van der Waals surface area contributed by atoms with Crippen LogP contribution in [0.15, 0.2) is 12.4 Å². The first-order valence-electron chi connectivity index (χ1n) is 4.79. The standard InChI is InChI=1S/C10H17N3/c1-9-6-11-13(7-9)8-10(4-5-10)12(2)3/h6-7H,4-5,8H2,1-3H3. The maximum absolute atomic E-state index is 4.31. The molecule has 0 saturated heterocycles. The first-order chi connectivity index (χ1) is 6.12. The molecule has 1 aliphatic rings. The molecule has 3 nitrogen and oxygen atoms in total. The van der Waals surface area contributed by atoms with Gasteiger partial charge in [-0.1, -0.05) is 0 Å². The molecule has 1 aromatic rings. The van der Waals surface area contributed by atoms with Gasteiger partial charge in [0.2, 0.25) is 0 Å². The van der Waals surface area contributed by atoms with Gasteiger partial charge in [0.1, 0.15) is 0 Å². The van der Waals surface area contributed by atoms with Gasteiger partial charge in [0.05, 0.1) is 12.7 Å². The second kappa shape index (κ2) is 2.84. The molecule has 0 bridgehead atoms. The van der Waals surface area contributed by atoms with Gasteiger partial charge >= 0.3 is 0 Å². The van der Waals surface area contributed by atoms with Gasteiger partial charge < -0.3 is 4.90 Å². The van der Waals surface area contributed by atoms with E-state index in [1.54, 1.807) is 0 Å². The maximum atomic E-state index is 4.31. The second-order valence-corrected chi connectivity index (χ2v) is 4.33. The summed E-state index contributed by atoms with van der Waals surface area (Å²) < 4.78 is 2.06. The minimum Gasteiger partial charge on any atom is -0.302 e. The molecule has 0 amide bonds. The SMILES string of the molecule is Cc1cnn(CC2(N(C)C)CC2)c1. The van der Waals surface area contributed by atoms with Crippen molar-refractivity contribution in [3.05, 3.63) is 18.0 Å². The van der Waals surface area contributed by atoms with Gasteiger partial charge in [0.15, 0.2) is 0 Å². The average Bonchev–Trinajstić information content (AvgIpc) is 2.72. The number of nitrogens with zero attached hydrogens (tertiary/aromatic N) is 3. The lowest BCUT2D eigenvalue weighted by Crippen LogP contribution is -2.34. The number of aromatic nitrogens is 2. The molecule has 13 heavy (non-hydrogen) atoms. The highest BCUT2D eigenvalue weighted by atomic mass is 15.3. The van der Waals surface area contributed by atoms with E-state index in [9.17, 15) is 0 Å². The van der Waals surface area contributed by atoms with Crippen molar-refractivity contribution in [2.24, 2.45) is 0 Å². The van der Waals surface area contributed by atoms with Crippen molar-refractivity contribution in [1.82, 2.24) is 14.7 Å². The van der Waals surface area contributed by atoms with Crippen LogP contribution in [0.3, 0.4) is 0 Å². The minimum atomic E-state index is 0.401. The lowest BCUT2D eigenvalue weighted by molar-refractivity contribution is 0.234. The fraction of sp³-hybridized carbons (Fsp3) is 0.700. The smallest absolute Gasteiger partial charge is 0.0593 e. The van der Waals surface area contributed by atoms with E-state index < -0.39 is 0 Å². The van der Waals surface area contributed by atoms with Gasteiger partial charge in [0, 0.05) is 11.7 Å². The Hall–Kier alpha value is -0.830. The van der Waals surface area contributed by atoms with Crippen LogP contribution in [0.2, 0.25) is 0 Å². The first-order valence-corrected chi connectivity index (χ1v) is 4.79. The number of rotatable bonds is 3. The highest BCUT2D eigenvalue weighted by Crippen LogP contribution is 2.41. The molecule has 0 aliphatic heterocycles. The Kier molecular flexibility index (Phi) is 1.91. The molecule has 0 aromatic carbocycles. The molecule has 0 atom stereocenters. The quantitative estimate of drug-likeness (QED) is 0.697. The third kappa shape index (κ3) is 1.61. The fourth-order valence-electron chi connectivity index (χ4n) is 1.75. The van der Waals surface area contributed by atoms with Gasteiger partial charge in [-0.05, 0) is 39.4 Å². The van der Waals surface area contributed by atoms with E-state index in [-0.39, 0.29) is 0 Å². The lowest BCUT2D eigenvalue weighted by Gasteiger charge is -2.23. The van der Waals surface area contributed by atoms with E-state index in [0.29, 0.717) is 5.54 Å². The first kappa shape index (κ1) is 8.75. The second-order valence-electron chi connectivity index (χ2n) is 4.33. The van der Waals surface area contributed by atoms with Crippen LogP contribution >= 0.6 is 0 Å². The Bertz CT molecular complexity index is 297. The summed E-state index contributed by atoms with van der Waals surface area (Å²) in [6, 6.07) is 0. The molecule has 1 aliphatic carbocycles. The number of aryl methyl sites for hydroxylation is 1. The Labute approximate surface area is 79.3 Å². The summed E-state index contributed by atoms with van der Waals surface area (Å²) in [5.74, 6) is 0. The van der Waals surface area contributed by atoms with E-state index in [0.717, 1.165) is 6.54 Å². The van der Waals surface area contributed by atoms with Crippen LogP contribution in [0.25, 0.3) is 0 Å². The van der Waals surface area contributed by atoms with Crippen molar-refractivity contribution in [3.8, 4) is 0 Å². The van der Waals surface area contributed by atoms with Crippen molar-refractivity contribution < 1.29 is 0 Å². The molecule has 1 saturated carbocycles. The predicted octanol–water partition coefficient (Wildman–Crippen LogP) is 1.29. The highest BCUT2D eigenvalue weighted by Gasteiger charge is 2.45. The van der Waals surface area contributed by atoms with Gasteiger partial charge in [-0.25, -0.2) is 0 Å². The fourth-order valence-corrected chi connectivity index (χ4v) is 1.75. The molecular formula is C10H17N3. The summed E-state index contributed by atoms with van der Waals surface area (Å²) in [7, 11) is 4.31. The Balaban J connectivity index is 2.06. The summed E-state index contributed by atoms with van der Waals surface area (Å²) in [5.41, 5.74) is 1.65. The van der Waals surface area contributed by atoms with E-state index in [2.05, 4.69) is 41.9 Å². The van der Waals surface area contributed by atoms with E-state index in [1.807, 2.05) is 6.20 Å². The van der Waals surface area contributed by atoms with E-state index >= 15 is 0 Å². The van der Waals surface area contributed by atoms with Crippen molar-refractivity contribution >= 4 is 0 Å². The molecule has 0 spiro atoms. The zero-order valence-corrected chi connectivity index (χ0v) is 8.62. The third-order valence-corrected chi connectivity index (χ3v) is 2.99. The van der Waals surface area contributed by atoms with E-state index in [1.165, 1.54) is 18.4 Å². The summed E-state index contributed by atoms with van der Waals surface area (Å²) in [5, 5.41) is 4.31. The zero-order valence-electron chi connectivity index (χ0n) is 8.62. The van der Waals surface area contributed by atoms with Gasteiger partial charge in [-0.2, -0.15) is 5.10 Å². The summed E-state index contributed by atoms with van der Waals surface area (Å²) in [6.07, 6.45) is 6.65. The van der Waals surface area contributed by atoms with Crippen LogP contribution in [0.4, 0.5) is 0 Å². The Morgan fingerprint density at radius 1 is 1.54 bits per heavy atom. The zero-order chi connectivity index (χ0) is 9.47. The van der Waals surface area contributed by atoms with Crippen LogP contribution in [0, 0.1) is 6.92 Å². The molecule has 0 radical (unpaired) electrons. The molecule has 0 N–H and O–H groups in total. The van der Waals surface area contributed by atoms with Crippen LogP contribution in [0.1, 0.15) is 18.4 Å². The molecular weight excluding hydrogens is 162 g/mol. The topological polar surface area (TPSA) is 21.1 Å².